The molecule has 6 heteroatoms. The first kappa shape index (κ1) is 9.44. The third-order valence-electron chi connectivity index (χ3n) is 0.885. The summed E-state index contributed by atoms with van der Waals surface area (Å²) in [6, 6.07) is 0. The Labute approximate surface area is 64.3 Å². The summed E-state index contributed by atoms with van der Waals surface area (Å²) in [7, 11) is 1.53. The van der Waals surface area contributed by atoms with E-state index in [4.69, 9.17) is 11.5 Å². The van der Waals surface area contributed by atoms with E-state index in [-0.39, 0.29) is 11.5 Å². The lowest BCUT2D eigenvalue weighted by molar-refractivity contribution is -0.118. The van der Waals surface area contributed by atoms with E-state index < -0.39 is 5.91 Å². The fourth-order valence-corrected chi connectivity index (χ4v) is 0.467. The molecule has 0 aliphatic carbocycles. The quantitative estimate of drug-likeness (QED) is 0.216. The van der Waals surface area contributed by atoms with E-state index in [2.05, 4.69) is 22.6 Å². The van der Waals surface area contributed by atoms with Crippen molar-refractivity contribution in [3.05, 3.63) is 11.5 Å². The molecule has 6 N–H and O–H groups in total. The minimum Gasteiger partial charge on any atom is -0.384 e. The average Bonchev–Trinajstić information content (AvgIpc) is 1.88. The number of aliphatic imine (C=N–C) groups is 1. The number of nitrogens with zero attached hydrogens (tertiary/aromatic N) is 1. The highest BCUT2D eigenvalue weighted by atomic mass is 16.2. The van der Waals surface area contributed by atoms with Crippen LogP contribution in [0.3, 0.4) is 0 Å². The van der Waals surface area contributed by atoms with Crippen LogP contribution >= 0.6 is 0 Å². The zero-order chi connectivity index (χ0) is 8.85. The van der Waals surface area contributed by atoms with Crippen LogP contribution in [-0.4, -0.2) is 19.7 Å². The number of carbonyl (C=O) groups is 1. The molecule has 0 aliphatic rings. The van der Waals surface area contributed by atoms with Gasteiger partial charge in [0.1, 0.15) is 5.82 Å². The van der Waals surface area contributed by atoms with Crippen LogP contribution in [0.2, 0.25) is 0 Å². The molecule has 6 nitrogen and oxygen atoms in total. The molecule has 0 bridgehead atoms. The normalized spacial score (nSPS) is 8.45. The Bertz CT molecular complexity index is 193. The second kappa shape index (κ2) is 4.29. The minimum atomic E-state index is -0.512. The number of hydrazine groups is 1. The van der Waals surface area contributed by atoms with Gasteiger partial charge in [0.2, 0.25) is 0 Å². The molecule has 0 aromatic rings. The van der Waals surface area contributed by atoms with E-state index in [1.54, 1.807) is 0 Å². The lowest BCUT2D eigenvalue weighted by atomic mass is 10.4. The first-order valence-electron chi connectivity index (χ1n) is 2.82. The molecular weight excluding hydrogens is 146 g/mol. The van der Waals surface area contributed by atoms with Gasteiger partial charge >= 0.3 is 0 Å². The van der Waals surface area contributed by atoms with Gasteiger partial charge < -0.3 is 11.5 Å². The summed E-state index contributed by atoms with van der Waals surface area (Å²) in [4.78, 5) is 14.2. The van der Waals surface area contributed by atoms with Gasteiger partial charge in [-0.3, -0.25) is 15.2 Å². The van der Waals surface area contributed by atoms with E-state index >= 15 is 0 Å². The fourth-order valence-electron chi connectivity index (χ4n) is 0.467. The molecule has 0 aliphatic heterocycles. The van der Waals surface area contributed by atoms with Crippen molar-refractivity contribution in [3.8, 4) is 0 Å². The number of nitrogens with two attached hydrogens (primary N) is 2. The maximum atomic E-state index is 10.9. The molecule has 0 aromatic carbocycles. The van der Waals surface area contributed by atoms with Gasteiger partial charge in [0.25, 0.3) is 5.91 Å². The van der Waals surface area contributed by atoms with E-state index in [1.165, 1.54) is 7.05 Å². The molecule has 0 atom stereocenters. The number of nitrogens with one attached hydrogen (secondary N) is 2. The topological polar surface area (TPSA) is 106 Å². The van der Waals surface area contributed by atoms with E-state index in [0.29, 0.717) is 0 Å². The molecule has 11 heavy (non-hydrogen) atoms. The summed E-state index contributed by atoms with van der Waals surface area (Å²) in [5.74, 6) is -0.671. The Kier molecular flexibility index (Phi) is 3.68. The smallest absolute Gasteiger partial charge is 0.287 e. The fraction of sp³-hybridized carbons (Fsp3) is 0.200. The lowest BCUT2D eigenvalue weighted by Crippen LogP contribution is -2.36. The van der Waals surface area contributed by atoms with Gasteiger partial charge in [0, 0.05) is 7.05 Å². The molecule has 0 rings (SSSR count). The zero-order valence-corrected chi connectivity index (χ0v) is 6.22. The molecule has 0 radical (unpaired) electrons. The van der Waals surface area contributed by atoms with Crippen LogP contribution in [0.4, 0.5) is 0 Å². The lowest BCUT2D eigenvalue weighted by Gasteiger charge is -2.03. The molecule has 0 spiro atoms. The summed E-state index contributed by atoms with van der Waals surface area (Å²) in [5, 5.41) is 0. The first-order valence-corrected chi connectivity index (χ1v) is 2.82. The molecule has 0 saturated heterocycles. The third-order valence-corrected chi connectivity index (χ3v) is 0.885. The van der Waals surface area contributed by atoms with Gasteiger partial charge in [-0.05, 0) is 6.72 Å². The molecule has 0 unspecified atom stereocenters. The highest BCUT2D eigenvalue weighted by molar-refractivity contribution is 5.93. The average molecular weight is 157 g/mol. The Hall–Kier alpha value is -1.56. The predicted octanol–water partition coefficient (Wildman–Crippen LogP) is -1.98. The largest absolute Gasteiger partial charge is 0.384 e. The van der Waals surface area contributed by atoms with E-state index in [0.717, 1.165) is 0 Å². The number of carbonyl (C=O) groups excluding carboxylic acids is 1. The number of amides is 1. The Morgan fingerprint density at radius 1 is 1.55 bits per heavy atom. The number of rotatable bonds is 3. The molecular formula is C5H11N5O. The molecule has 0 aromatic heterocycles. The molecule has 0 fully saturated rings. The summed E-state index contributed by atoms with van der Waals surface area (Å²) in [5.41, 5.74) is 14.8. The van der Waals surface area contributed by atoms with Crippen molar-refractivity contribution in [2.75, 3.05) is 7.05 Å². The summed E-state index contributed by atoms with van der Waals surface area (Å²) >= 11 is 0. The molecule has 62 valence electrons. The monoisotopic (exact) mass is 157 g/mol. The van der Waals surface area contributed by atoms with Crippen LogP contribution in [0.1, 0.15) is 0 Å². The SMILES string of the molecule is C=NC(C(=O)NNC)=C(N)N. The van der Waals surface area contributed by atoms with Gasteiger partial charge in [0.05, 0.1) is 0 Å². The van der Waals surface area contributed by atoms with Crippen molar-refractivity contribution in [1.82, 2.24) is 10.9 Å². The summed E-state index contributed by atoms with van der Waals surface area (Å²) in [6.07, 6.45) is 0. The van der Waals surface area contributed by atoms with Gasteiger partial charge in [-0.25, -0.2) is 5.43 Å². The summed E-state index contributed by atoms with van der Waals surface area (Å²) in [6.45, 7) is 3.13. The van der Waals surface area contributed by atoms with Crippen molar-refractivity contribution in [2.24, 2.45) is 16.5 Å². The van der Waals surface area contributed by atoms with Crippen LogP contribution < -0.4 is 22.3 Å². The Morgan fingerprint density at radius 3 is 2.36 bits per heavy atom. The predicted molar refractivity (Wildman–Crippen MR) is 42.2 cm³/mol. The van der Waals surface area contributed by atoms with Gasteiger partial charge in [-0.2, -0.15) is 0 Å². The van der Waals surface area contributed by atoms with Crippen LogP contribution in [-0.2, 0) is 4.79 Å². The van der Waals surface area contributed by atoms with Crippen LogP contribution in [0, 0.1) is 0 Å². The Morgan fingerprint density at radius 2 is 2.09 bits per heavy atom. The maximum absolute atomic E-state index is 10.9. The standard InChI is InChI=1S/C5H11N5O/c1-8-3(4(6)7)5(11)10-9-2/h9H,1,6-7H2,2H3,(H,10,11). The second-order valence-electron chi connectivity index (χ2n) is 1.67. The van der Waals surface area contributed by atoms with Crippen molar-refractivity contribution in [1.29, 1.82) is 0 Å². The molecule has 0 heterocycles. The van der Waals surface area contributed by atoms with E-state index in [1.807, 2.05) is 0 Å². The van der Waals surface area contributed by atoms with E-state index in [9.17, 15) is 4.79 Å². The van der Waals surface area contributed by atoms with Gasteiger partial charge in [-0.1, -0.05) is 0 Å². The zero-order valence-electron chi connectivity index (χ0n) is 6.22. The third kappa shape index (κ3) is 2.67. The first-order chi connectivity index (χ1) is 5.13. The summed E-state index contributed by atoms with van der Waals surface area (Å²) < 4.78 is 0. The highest BCUT2D eigenvalue weighted by Gasteiger charge is 2.08. The van der Waals surface area contributed by atoms with Crippen LogP contribution in [0.25, 0.3) is 0 Å². The van der Waals surface area contributed by atoms with Crippen LogP contribution in [0.15, 0.2) is 16.5 Å². The minimum absolute atomic E-state index is 0.0839. The van der Waals surface area contributed by atoms with Crippen molar-refractivity contribution >= 4 is 12.6 Å². The van der Waals surface area contributed by atoms with Crippen molar-refractivity contribution in [3.63, 3.8) is 0 Å². The van der Waals surface area contributed by atoms with Crippen LogP contribution in [0.5, 0.6) is 0 Å². The molecule has 0 saturated carbocycles. The number of hydrogen-bond donors (Lipinski definition) is 4. The second-order valence-corrected chi connectivity index (χ2v) is 1.67. The van der Waals surface area contributed by atoms with Gasteiger partial charge in [0.15, 0.2) is 5.70 Å². The Balaban J connectivity index is 4.40. The van der Waals surface area contributed by atoms with Crippen molar-refractivity contribution < 1.29 is 4.79 Å². The number of hydrogen-bond acceptors (Lipinski definition) is 5. The van der Waals surface area contributed by atoms with Crippen molar-refractivity contribution in [2.45, 2.75) is 0 Å². The molecule has 1 amide bonds. The highest BCUT2D eigenvalue weighted by Crippen LogP contribution is 1.93. The maximum Gasteiger partial charge on any atom is 0.287 e. The van der Waals surface area contributed by atoms with Gasteiger partial charge in [-0.15, -0.1) is 0 Å².